The van der Waals surface area contributed by atoms with Crippen LogP contribution in [0.25, 0.3) is 11.3 Å². The molecule has 2 aromatic rings. The summed E-state index contributed by atoms with van der Waals surface area (Å²) in [6.07, 6.45) is 6.68. The van der Waals surface area contributed by atoms with Crippen molar-refractivity contribution in [3.63, 3.8) is 0 Å². The number of aliphatic hydroxyl groups excluding tert-OH is 1. The number of rotatable bonds is 3. The summed E-state index contributed by atoms with van der Waals surface area (Å²) in [4.78, 5) is 4.26. The van der Waals surface area contributed by atoms with Gasteiger partial charge in [0.05, 0.1) is 30.4 Å². The molecule has 1 fully saturated rings. The van der Waals surface area contributed by atoms with Crippen LogP contribution in [0, 0.1) is 5.92 Å². The van der Waals surface area contributed by atoms with Crippen molar-refractivity contribution in [2.45, 2.75) is 31.4 Å². The quantitative estimate of drug-likeness (QED) is 0.908. The zero-order valence-corrected chi connectivity index (χ0v) is 12.1. The van der Waals surface area contributed by atoms with Crippen LogP contribution in [-0.4, -0.2) is 33.9 Å². The van der Waals surface area contributed by atoms with E-state index in [9.17, 15) is 5.11 Å². The average molecular weight is 283 g/mol. The topological polar surface area (TPSA) is 50.1 Å². The van der Waals surface area contributed by atoms with E-state index in [1.54, 1.807) is 0 Å². The molecule has 0 radical (unpaired) electrons. The maximum Gasteiger partial charge on any atom is 0.0957 e. The van der Waals surface area contributed by atoms with Crippen molar-refractivity contribution in [3.05, 3.63) is 42.4 Å². The number of nitrogens with one attached hydrogen (secondary N) is 1. The lowest BCUT2D eigenvalue weighted by Crippen LogP contribution is -2.34. The van der Waals surface area contributed by atoms with Crippen LogP contribution in [0.2, 0.25) is 0 Å². The Balaban J connectivity index is 1.62. The molecule has 3 heterocycles. The average Bonchev–Trinajstić information content (AvgIpc) is 3.08. The Bertz CT molecular complexity index is 630. The van der Waals surface area contributed by atoms with E-state index in [4.69, 9.17) is 0 Å². The smallest absolute Gasteiger partial charge is 0.0957 e. The van der Waals surface area contributed by atoms with Crippen molar-refractivity contribution >= 4 is 0 Å². The third-order valence-corrected chi connectivity index (χ3v) is 4.86. The van der Waals surface area contributed by atoms with Gasteiger partial charge in [-0.1, -0.05) is 24.3 Å². The highest BCUT2D eigenvalue weighted by molar-refractivity contribution is 5.69. The molecule has 0 aliphatic carbocycles. The highest BCUT2D eigenvalue weighted by atomic mass is 16.3. The number of fused-ring (bicyclic) bond motifs is 3. The van der Waals surface area contributed by atoms with Gasteiger partial charge in [0.25, 0.3) is 0 Å². The van der Waals surface area contributed by atoms with Crippen molar-refractivity contribution in [2.75, 3.05) is 13.1 Å². The number of imidazole rings is 1. The molecule has 4 heteroatoms. The molecule has 4 rings (SSSR count). The van der Waals surface area contributed by atoms with Gasteiger partial charge in [0.2, 0.25) is 0 Å². The van der Waals surface area contributed by atoms with Gasteiger partial charge in [0.1, 0.15) is 0 Å². The second-order valence-corrected chi connectivity index (χ2v) is 6.23. The van der Waals surface area contributed by atoms with Gasteiger partial charge >= 0.3 is 0 Å². The van der Waals surface area contributed by atoms with Crippen LogP contribution < -0.4 is 5.32 Å². The maximum atomic E-state index is 10.8. The predicted octanol–water partition coefficient (Wildman–Crippen LogP) is 2.20. The molecule has 0 spiro atoms. The van der Waals surface area contributed by atoms with E-state index in [-0.39, 0.29) is 12.1 Å². The molecule has 1 aromatic carbocycles. The molecule has 2 aliphatic heterocycles. The minimum Gasteiger partial charge on any atom is -0.391 e. The Morgan fingerprint density at radius 1 is 1.38 bits per heavy atom. The van der Waals surface area contributed by atoms with E-state index in [1.807, 2.05) is 12.5 Å². The van der Waals surface area contributed by atoms with E-state index in [2.05, 4.69) is 39.1 Å². The minimum atomic E-state index is -0.355. The zero-order chi connectivity index (χ0) is 14.2. The second kappa shape index (κ2) is 5.28. The Hall–Kier alpha value is -1.65. The summed E-state index contributed by atoms with van der Waals surface area (Å²) in [7, 11) is 0. The fourth-order valence-corrected chi connectivity index (χ4v) is 3.86. The third-order valence-electron chi connectivity index (χ3n) is 4.86. The first-order valence-corrected chi connectivity index (χ1v) is 7.84. The molecule has 0 amide bonds. The summed E-state index contributed by atoms with van der Waals surface area (Å²) in [6, 6.07) is 8.38. The first-order valence-electron chi connectivity index (χ1n) is 7.84. The van der Waals surface area contributed by atoms with Crippen LogP contribution in [-0.2, 0) is 0 Å². The molecule has 1 aromatic heterocycles. The van der Waals surface area contributed by atoms with Gasteiger partial charge in [-0.25, -0.2) is 4.98 Å². The number of aromatic nitrogens is 2. The Morgan fingerprint density at radius 3 is 3.14 bits per heavy atom. The van der Waals surface area contributed by atoms with Gasteiger partial charge in [0.15, 0.2) is 0 Å². The number of hydrogen-bond donors (Lipinski definition) is 2. The van der Waals surface area contributed by atoms with Crippen LogP contribution in [0.4, 0.5) is 0 Å². The summed E-state index contributed by atoms with van der Waals surface area (Å²) in [5, 5.41) is 14.3. The molecule has 3 atom stereocenters. The molecule has 2 aliphatic rings. The van der Waals surface area contributed by atoms with E-state index >= 15 is 0 Å². The first-order chi connectivity index (χ1) is 10.3. The standard InChI is InChI=1S/C17H21N3O/c21-16(8-12-4-3-7-18-9-12)17-14-6-2-1-5-13(14)15-10-19-11-20(15)17/h1-2,5-6,10-12,16-18,21H,3-4,7-9H2. The summed E-state index contributed by atoms with van der Waals surface area (Å²) in [6.45, 7) is 2.15. The fraction of sp³-hybridized carbons (Fsp3) is 0.471. The highest BCUT2D eigenvalue weighted by Gasteiger charge is 2.34. The zero-order valence-electron chi connectivity index (χ0n) is 12.1. The summed E-state index contributed by atoms with van der Waals surface area (Å²) in [5.41, 5.74) is 3.56. The summed E-state index contributed by atoms with van der Waals surface area (Å²) >= 11 is 0. The number of nitrogens with zero attached hydrogens (tertiary/aromatic N) is 2. The molecule has 3 unspecified atom stereocenters. The Kier molecular flexibility index (Phi) is 3.28. The monoisotopic (exact) mass is 283 g/mol. The number of piperidine rings is 1. The van der Waals surface area contributed by atoms with Crippen molar-refractivity contribution < 1.29 is 5.11 Å². The Morgan fingerprint density at radius 2 is 2.29 bits per heavy atom. The largest absolute Gasteiger partial charge is 0.391 e. The van der Waals surface area contributed by atoms with Gasteiger partial charge in [-0.2, -0.15) is 0 Å². The van der Waals surface area contributed by atoms with Crippen LogP contribution >= 0.6 is 0 Å². The fourth-order valence-electron chi connectivity index (χ4n) is 3.86. The SMILES string of the molecule is OC(CC1CCCNC1)C1c2ccccc2-c2cncn21. The predicted molar refractivity (Wildman–Crippen MR) is 82.0 cm³/mol. The number of benzene rings is 1. The summed E-state index contributed by atoms with van der Waals surface area (Å²) < 4.78 is 2.13. The van der Waals surface area contributed by atoms with Crippen molar-refractivity contribution in [1.82, 2.24) is 14.9 Å². The minimum absolute atomic E-state index is 0.0145. The lowest BCUT2D eigenvalue weighted by molar-refractivity contribution is 0.0987. The normalized spacial score (nSPS) is 25.4. The summed E-state index contributed by atoms with van der Waals surface area (Å²) in [5.74, 6) is 0.577. The molecule has 110 valence electrons. The number of hydrogen-bond acceptors (Lipinski definition) is 3. The van der Waals surface area contributed by atoms with Gasteiger partial charge in [-0.3, -0.25) is 0 Å². The van der Waals surface area contributed by atoms with Crippen molar-refractivity contribution in [1.29, 1.82) is 0 Å². The molecule has 21 heavy (non-hydrogen) atoms. The van der Waals surface area contributed by atoms with Gasteiger partial charge < -0.3 is 15.0 Å². The van der Waals surface area contributed by atoms with Crippen molar-refractivity contribution in [3.8, 4) is 11.3 Å². The second-order valence-electron chi connectivity index (χ2n) is 6.23. The van der Waals surface area contributed by atoms with E-state index < -0.39 is 0 Å². The van der Waals surface area contributed by atoms with Crippen LogP contribution in [0.1, 0.15) is 30.9 Å². The van der Waals surface area contributed by atoms with Gasteiger partial charge in [0, 0.05) is 5.56 Å². The third kappa shape index (κ3) is 2.19. The molecule has 2 N–H and O–H groups in total. The molecule has 0 bridgehead atoms. The lowest BCUT2D eigenvalue weighted by Gasteiger charge is -2.28. The molecular formula is C17H21N3O. The van der Waals surface area contributed by atoms with Crippen LogP contribution in [0.5, 0.6) is 0 Å². The maximum absolute atomic E-state index is 10.8. The van der Waals surface area contributed by atoms with E-state index in [0.717, 1.165) is 25.2 Å². The van der Waals surface area contributed by atoms with E-state index in [0.29, 0.717) is 5.92 Å². The molecule has 4 nitrogen and oxygen atoms in total. The molecule has 1 saturated heterocycles. The van der Waals surface area contributed by atoms with Gasteiger partial charge in [-0.05, 0) is 43.8 Å². The highest BCUT2D eigenvalue weighted by Crippen LogP contribution is 2.42. The first kappa shape index (κ1) is 13.0. The Labute approximate surface area is 124 Å². The van der Waals surface area contributed by atoms with Gasteiger partial charge in [-0.15, -0.1) is 0 Å². The van der Waals surface area contributed by atoms with Crippen molar-refractivity contribution in [2.24, 2.45) is 5.92 Å². The lowest BCUT2D eigenvalue weighted by atomic mass is 9.89. The van der Waals surface area contributed by atoms with Crippen LogP contribution in [0.3, 0.4) is 0 Å². The van der Waals surface area contributed by atoms with Crippen LogP contribution in [0.15, 0.2) is 36.8 Å². The molecule has 0 saturated carbocycles. The number of aliphatic hydroxyl groups is 1. The molecular weight excluding hydrogens is 262 g/mol. The van der Waals surface area contributed by atoms with E-state index in [1.165, 1.54) is 24.0 Å².